The van der Waals surface area contributed by atoms with E-state index in [1.165, 1.54) is 16.8 Å². The minimum Gasteiger partial charge on any atom is -0.465 e. The van der Waals surface area contributed by atoms with Crippen LogP contribution in [0.4, 0.5) is 25.8 Å². The van der Waals surface area contributed by atoms with E-state index >= 15 is 0 Å². The smallest absolute Gasteiger partial charge is 0.416 e. The number of carbonyl (C=O) groups excluding carboxylic acids is 2. The maximum atomic E-state index is 12.1. The third kappa shape index (κ3) is 2.68. The molecule has 9 heteroatoms. The Balaban J connectivity index is 1.86. The summed E-state index contributed by atoms with van der Waals surface area (Å²) in [5.41, 5.74) is 2.17. The molecule has 0 unspecified atom stereocenters. The Kier molecular flexibility index (Phi) is 3.92. The molecule has 2 heterocycles. The van der Waals surface area contributed by atoms with E-state index in [0.717, 1.165) is 10.5 Å². The molecule has 0 bridgehead atoms. The lowest BCUT2D eigenvalue weighted by molar-refractivity contribution is 0.0415. The van der Waals surface area contributed by atoms with Gasteiger partial charge in [-0.05, 0) is 23.8 Å². The third-order valence-corrected chi connectivity index (χ3v) is 4.14. The zero-order chi connectivity index (χ0) is 17.4. The van der Waals surface area contributed by atoms with Gasteiger partial charge in [-0.1, -0.05) is 0 Å². The lowest BCUT2D eigenvalue weighted by Gasteiger charge is -2.20. The van der Waals surface area contributed by atoms with Gasteiger partial charge in [-0.15, -0.1) is 0 Å². The van der Waals surface area contributed by atoms with E-state index in [2.05, 4.69) is 0 Å². The van der Waals surface area contributed by atoms with Gasteiger partial charge in [0.25, 0.3) is 0 Å². The van der Waals surface area contributed by atoms with E-state index in [9.17, 15) is 14.4 Å². The van der Waals surface area contributed by atoms with Crippen molar-refractivity contribution in [3.05, 3.63) is 23.8 Å². The molecule has 9 nitrogen and oxygen atoms in total. The third-order valence-electron chi connectivity index (χ3n) is 4.14. The Morgan fingerprint density at radius 3 is 2.79 bits per heavy atom. The van der Waals surface area contributed by atoms with Gasteiger partial charge in [-0.3, -0.25) is 14.7 Å². The number of cyclic esters (lactones) is 2. The first-order chi connectivity index (χ1) is 11.4. The highest BCUT2D eigenvalue weighted by Crippen LogP contribution is 2.30. The van der Waals surface area contributed by atoms with E-state index in [-0.39, 0.29) is 13.2 Å². The van der Waals surface area contributed by atoms with E-state index in [4.69, 9.17) is 14.6 Å². The first-order valence-corrected chi connectivity index (χ1v) is 7.36. The Morgan fingerprint density at radius 2 is 2.08 bits per heavy atom. The molecule has 3 amide bonds. The highest BCUT2D eigenvalue weighted by molar-refractivity contribution is 5.92. The summed E-state index contributed by atoms with van der Waals surface area (Å²) in [7, 11) is 2.97. The molecule has 24 heavy (non-hydrogen) atoms. The minimum absolute atomic E-state index is 0.103. The van der Waals surface area contributed by atoms with Crippen LogP contribution in [0.25, 0.3) is 0 Å². The molecule has 1 fully saturated rings. The standard InChI is InChI=1S/C15H17N3O6/c1-16-11-4-3-10(7-9(11)5-6-23-14(16)21)18-8-12(24-15(18)22)17(2)13(19)20/h3-4,7,12H,5-6,8H2,1-2H3,(H,19,20)/t12-/m0/s1. The highest BCUT2D eigenvalue weighted by Gasteiger charge is 2.37. The van der Waals surface area contributed by atoms with Gasteiger partial charge >= 0.3 is 18.3 Å². The van der Waals surface area contributed by atoms with E-state index in [1.807, 2.05) is 0 Å². The van der Waals surface area contributed by atoms with Crippen molar-refractivity contribution in [2.75, 3.05) is 37.0 Å². The predicted octanol–water partition coefficient (Wildman–Crippen LogP) is 1.71. The summed E-state index contributed by atoms with van der Waals surface area (Å²) >= 11 is 0. The number of anilines is 2. The summed E-state index contributed by atoms with van der Waals surface area (Å²) in [5, 5.41) is 8.99. The number of carbonyl (C=O) groups is 3. The van der Waals surface area contributed by atoms with Crippen molar-refractivity contribution < 1.29 is 29.0 Å². The monoisotopic (exact) mass is 335 g/mol. The Labute approximate surface area is 137 Å². The summed E-state index contributed by atoms with van der Waals surface area (Å²) in [6, 6.07) is 5.22. The van der Waals surface area contributed by atoms with Crippen molar-refractivity contribution in [3.8, 4) is 0 Å². The number of nitrogens with zero attached hydrogens (tertiary/aromatic N) is 3. The zero-order valence-electron chi connectivity index (χ0n) is 13.3. The van der Waals surface area contributed by atoms with Gasteiger partial charge < -0.3 is 14.6 Å². The van der Waals surface area contributed by atoms with Crippen LogP contribution < -0.4 is 9.80 Å². The van der Waals surface area contributed by atoms with Gasteiger partial charge in [0, 0.05) is 26.2 Å². The molecule has 0 saturated carbocycles. The average Bonchev–Trinajstić information content (AvgIpc) is 2.88. The van der Waals surface area contributed by atoms with E-state index < -0.39 is 24.5 Å². The number of amides is 3. The van der Waals surface area contributed by atoms with Crippen LogP contribution in [0.1, 0.15) is 5.56 Å². The lowest BCUT2D eigenvalue weighted by atomic mass is 10.1. The fourth-order valence-electron chi connectivity index (χ4n) is 2.69. The number of rotatable bonds is 2. The number of benzene rings is 1. The molecule has 1 saturated heterocycles. The van der Waals surface area contributed by atoms with Crippen LogP contribution in [-0.4, -0.2) is 61.8 Å². The average molecular weight is 335 g/mol. The van der Waals surface area contributed by atoms with Crippen LogP contribution in [0.2, 0.25) is 0 Å². The van der Waals surface area contributed by atoms with Gasteiger partial charge in [0.15, 0.2) is 6.23 Å². The fourth-order valence-corrected chi connectivity index (χ4v) is 2.69. The van der Waals surface area contributed by atoms with Crippen LogP contribution in [0.3, 0.4) is 0 Å². The molecular weight excluding hydrogens is 318 g/mol. The van der Waals surface area contributed by atoms with Gasteiger partial charge in [0.05, 0.1) is 18.8 Å². The summed E-state index contributed by atoms with van der Waals surface area (Å²) in [6.07, 6.45) is -2.54. The predicted molar refractivity (Wildman–Crippen MR) is 83.3 cm³/mol. The molecule has 2 aliphatic heterocycles. The van der Waals surface area contributed by atoms with Gasteiger partial charge in [-0.2, -0.15) is 0 Å². The maximum absolute atomic E-state index is 12.1. The number of fused-ring (bicyclic) bond motifs is 1. The number of hydrogen-bond acceptors (Lipinski definition) is 5. The largest absolute Gasteiger partial charge is 0.465 e. The van der Waals surface area contributed by atoms with Crippen LogP contribution in [0.15, 0.2) is 18.2 Å². The highest BCUT2D eigenvalue weighted by atomic mass is 16.6. The van der Waals surface area contributed by atoms with Crippen molar-refractivity contribution in [2.45, 2.75) is 12.6 Å². The molecule has 128 valence electrons. The maximum Gasteiger partial charge on any atom is 0.416 e. The van der Waals surface area contributed by atoms with Crippen molar-refractivity contribution in [2.24, 2.45) is 0 Å². The normalized spacial score (nSPS) is 20.2. The molecule has 3 rings (SSSR count). The van der Waals surface area contributed by atoms with Crippen LogP contribution in [-0.2, 0) is 15.9 Å². The number of likely N-dealkylation sites (N-methyl/N-ethyl adjacent to an activating group) is 1. The zero-order valence-corrected chi connectivity index (χ0v) is 13.3. The quantitative estimate of drug-likeness (QED) is 0.883. The molecule has 1 aromatic rings. The first-order valence-electron chi connectivity index (χ1n) is 7.36. The molecular formula is C15H17N3O6. The Hall–Kier alpha value is -2.97. The second kappa shape index (κ2) is 5.91. The van der Waals surface area contributed by atoms with E-state index in [1.54, 1.807) is 25.2 Å². The molecule has 0 spiro atoms. The van der Waals surface area contributed by atoms with Gasteiger partial charge in [0.1, 0.15) is 0 Å². The Morgan fingerprint density at radius 1 is 1.33 bits per heavy atom. The lowest BCUT2D eigenvalue weighted by Crippen LogP contribution is -2.38. The van der Waals surface area contributed by atoms with Crippen LogP contribution in [0, 0.1) is 0 Å². The molecule has 2 aliphatic rings. The van der Waals surface area contributed by atoms with Crippen molar-refractivity contribution in [3.63, 3.8) is 0 Å². The fraction of sp³-hybridized carbons (Fsp3) is 0.400. The van der Waals surface area contributed by atoms with Crippen molar-refractivity contribution in [1.82, 2.24) is 4.90 Å². The Bertz CT molecular complexity index is 706. The summed E-state index contributed by atoms with van der Waals surface area (Å²) < 4.78 is 10.2. The van der Waals surface area contributed by atoms with Gasteiger partial charge in [0.2, 0.25) is 0 Å². The molecule has 0 radical (unpaired) electrons. The van der Waals surface area contributed by atoms with E-state index in [0.29, 0.717) is 17.8 Å². The number of ether oxygens (including phenoxy) is 2. The van der Waals surface area contributed by atoms with Crippen molar-refractivity contribution in [1.29, 1.82) is 0 Å². The van der Waals surface area contributed by atoms with Crippen LogP contribution in [0.5, 0.6) is 0 Å². The summed E-state index contributed by atoms with van der Waals surface area (Å²) in [5.74, 6) is 0. The SMILES string of the molecule is CN1C(=O)OCCc2cc(N3C[C@@H](N(C)C(=O)O)OC3=O)ccc21. The molecule has 0 aliphatic carbocycles. The minimum atomic E-state index is -1.17. The molecule has 1 aromatic carbocycles. The molecule has 1 atom stereocenters. The number of carboxylic acid groups (broad SMARTS) is 1. The van der Waals surface area contributed by atoms with Gasteiger partial charge in [-0.25, -0.2) is 14.4 Å². The second-order valence-electron chi connectivity index (χ2n) is 5.58. The second-order valence-corrected chi connectivity index (χ2v) is 5.58. The summed E-state index contributed by atoms with van der Waals surface area (Å²) in [4.78, 5) is 38.5. The van der Waals surface area contributed by atoms with Crippen LogP contribution >= 0.6 is 0 Å². The number of hydrogen-bond donors (Lipinski definition) is 1. The topological polar surface area (TPSA) is 99.6 Å². The molecule has 0 aromatic heterocycles. The first kappa shape index (κ1) is 15.9. The van der Waals surface area contributed by atoms with Crippen molar-refractivity contribution >= 4 is 29.7 Å². The molecule has 1 N–H and O–H groups in total. The summed E-state index contributed by atoms with van der Waals surface area (Å²) in [6.45, 7) is 0.361.